The highest BCUT2D eigenvalue weighted by atomic mass is 32.2. The lowest BCUT2D eigenvalue weighted by Crippen LogP contribution is -2.45. The van der Waals surface area contributed by atoms with Crippen molar-refractivity contribution in [3.8, 4) is 0 Å². The number of carbonyl (C=O) groups excluding carboxylic acids is 1. The van der Waals surface area contributed by atoms with Gasteiger partial charge in [0.2, 0.25) is 15.9 Å². The van der Waals surface area contributed by atoms with Crippen LogP contribution in [0.4, 0.5) is 0 Å². The van der Waals surface area contributed by atoms with Gasteiger partial charge in [-0.25, -0.2) is 8.42 Å². The molecule has 0 bridgehead atoms. The van der Waals surface area contributed by atoms with E-state index >= 15 is 0 Å². The monoisotopic (exact) mass is 412 g/mol. The number of sulfonamides is 1. The fourth-order valence-electron chi connectivity index (χ4n) is 3.77. The number of carbonyl (C=O) groups is 1. The number of pyridine rings is 1. The van der Waals surface area contributed by atoms with Gasteiger partial charge in [-0.1, -0.05) is 6.07 Å². The van der Waals surface area contributed by atoms with E-state index in [-0.39, 0.29) is 23.3 Å². The third-order valence-electron chi connectivity index (χ3n) is 5.42. The van der Waals surface area contributed by atoms with Gasteiger partial charge in [-0.05, 0) is 49.2 Å². The van der Waals surface area contributed by atoms with Crippen molar-refractivity contribution in [2.45, 2.75) is 24.3 Å². The molecule has 29 heavy (non-hydrogen) atoms. The topological polar surface area (TPSA) is 84.3 Å². The van der Waals surface area contributed by atoms with Gasteiger partial charge >= 0.3 is 0 Å². The Kier molecular flexibility index (Phi) is 5.38. The van der Waals surface area contributed by atoms with Crippen LogP contribution in [0.25, 0.3) is 10.9 Å². The molecule has 8 heteroatoms. The number of hydrogen-bond acceptors (Lipinski definition) is 4. The summed E-state index contributed by atoms with van der Waals surface area (Å²) < 4.78 is 29.7. The van der Waals surface area contributed by atoms with Gasteiger partial charge in [-0.15, -0.1) is 0 Å². The van der Waals surface area contributed by atoms with Crippen LogP contribution in [0.3, 0.4) is 0 Å². The molecule has 4 rings (SSSR count). The molecule has 0 spiro atoms. The first-order chi connectivity index (χ1) is 13.9. The Morgan fingerprint density at radius 1 is 1.24 bits per heavy atom. The number of fused-ring (bicyclic) bond motifs is 1. The standard InChI is InChI=1S/C21H24N4O3S/c1-24-12-9-16-13-19(7-8-20(16)24)29(27,28)25-11-4-5-17(15-25)21(26)23-14-18-6-2-3-10-22-18/h2-3,6-10,12-13,17H,4-5,11,14-15H2,1H3,(H,23,26)/t17-/m0/s1. The zero-order valence-electron chi connectivity index (χ0n) is 16.3. The maximum atomic E-state index is 13.2. The number of aromatic nitrogens is 2. The van der Waals surface area contributed by atoms with E-state index < -0.39 is 10.0 Å². The quantitative estimate of drug-likeness (QED) is 0.697. The number of rotatable bonds is 5. The Hall–Kier alpha value is -2.71. The van der Waals surface area contributed by atoms with E-state index in [1.807, 2.05) is 48.1 Å². The Morgan fingerprint density at radius 2 is 2.10 bits per heavy atom. The molecule has 3 heterocycles. The Morgan fingerprint density at radius 3 is 2.90 bits per heavy atom. The van der Waals surface area contributed by atoms with E-state index in [1.54, 1.807) is 18.3 Å². The second kappa shape index (κ2) is 7.96. The highest BCUT2D eigenvalue weighted by Gasteiger charge is 2.33. The summed E-state index contributed by atoms with van der Waals surface area (Å²) in [6.07, 6.45) is 4.93. The van der Waals surface area contributed by atoms with Crippen molar-refractivity contribution >= 4 is 26.8 Å². The lowest BCUT2D eigenvalue weighted by molar-refractivity contribution is -0.126. The molecule has 1 saturated heterocycles. The van der Waals surface area contributed by atoms with Crippen LogP contribution in [0.5, 0.6) is 0 Å². The van der Waals surface area contributed by atoms with Crippen molar-refractivity contribution in [3.05, 3.63) is 60.6 Å². The summed E-state index contributed by atoms with van der Waals surface area (Å²) in [7, 11) is -1.72. The number of amides is 1. The number of piperidine rings is 1. The number of aryl methyl sites for hydroxylation is 1. The highest BCUT2D eigenvalue weighted by Crippen LogP contribution is 2.26. The van der Waals surface area contributed by atoms with E-state index in [0.29, 0.717) is 25.9 Å². The van der Waals surface area contributed by atoms with E-state index in [2.05, 4.69) is 10.3 Å². The maximum Gasteiger partial charge on any atom is 0.243 e. The van der Waals surface area contributed by atoms with Crippen LogP contribution >= 0.6 is 0 Å². The van der Waals surface area contributed by atoms with Gasteiger partial charge in [0.1, 0.15) is 0 Å². The second-order valence-electron chi connectivity index (χ2n) is 7.39. The average molecular weight is 413 g/mol. The zero-order chi connectivity index (χ0) is 20.4. The molecule has 0 radical (unpaired) electrons. The number of benzene rings is 1. The van der Waals surface area contributed by atoms with Crippen molar-refractivity contribution in [3.63, 3.8) is 0 Å². The van der Waals surface area contributed by atoms with Gasteiger partial charge in [0, 0.05) is 43.4 Å². The van der Waals surface area contributed by atoms with Crippen molar-refractivity contribution < 1.29 is 13.2 Å². The van der Waals surface area contributed by atoms with Crippen molar-refractivity contribution in [1.29, 1.82) is 0 Å². The van der Waals surface area contributed by atoms with Gasteiger partial charge in [0.15, 0.2) is 0 Å². The Balaban J connectivity index is 1.46. The van der Waals surface area contributed by atoms with Gasteiger partial charge < -0.3 is 9.88 Å². The summed E-state index contributed by atoms with van der Waals surface area (Å²) >= 11 is 0. The summed E-state index contributed by atoms with van der Waals surface area (Å²) in [6, 6.07) is 12.6. The molecule has 1 amide bonds. The number of nitrogens with one attached hydrogen (secondary N) is 1. The van der Waals surface area contributed by atoms with Crippen LogP contribution in [0.15, 0.2) is 59.8 Å². The Labute approximate surface area is 170 Å². The summed E-state index contributed by atoms with van der Waals surface area (Å²) in [5, 5.41) is 3.77. The third-order valence-corrected chi connectivity index (χ3v) is 7.28. The maximum absolute atomic E-state index is 13.2. The number of hydrogen-bond donors (Lipinski definition) is 1. The van der Waals surface area contributed by atoms with Crippen molar-refractivity contribution in [2.24, 2.45) is 13.0 Å². The normalized spacial score (nSPS) is 18.0. The van der Waals surface area contributed by atoms with Gasteiger partial charge in [0.25, 0.3) is 0 Å². The van der Waals surface area contributed by atoms with Crippen LogP contribution in [-0.2, 0) is 28.4 Å². The van der Waals surface area contributed by atoms with Crippen LogP contribution < -0.4 is 5.32 Å². The molecule has 0 saturated carbocycles. The molecule has 1 fully saturated rings. The largest absolute Gasteiger partial charge is 0.351 e. The minimum absolute atomic E-state index is 0.130. The Bertz CT molecular complexity index is 1130. The molecule has 0 unspecified atom stereocenters. The summed E-state index contributed by atoms with van der Waals surface area (Å²) in [6.45, 7) is 0.968. The molecule has 1 N–H and O–H groups in total. The molecule has 1 atom stereocenters. The van der Waals surface area contributed by atoms with E-state index in [4.69, 9.17) is 0 Å². The second-order valence-corrected chi connectivity index (χ2v) is 9.33. The molecule has 0 aliphatic carbocycles. The van der Waals surface area contributed by atoms with Crippen molar-refractivity contribution in [2.75, 3.05) is 13.1 Å². The summed E-state index contributed by atoms with van der Waals surface area (Å²) in [5.41, 5.74) is 1.76. The highest BCUT2D eigenvalue weighted by molar-refractivity contribution is 7.89. The first-order valence-corrected chi connectivity index (χ1v) is 11.1. The lowest BCUT2D eigenvalue weighted by atomic mass is 9.99. The molecule has 1 aliphatic heterocycles. The first kappa shape index (κ1) is 19.6. The zero-order valence-corrected chi connectivity index (χ0v) is 17.1. The van der Waals surface area contributed by atoms with Crippen LogP contribution in [0, 0.1) is 5.92 Å². The number of nitrogens with zero attached hydrogens (tertiary/aromatic N) is 3. The van der Waals surface area contributed by atoms with E-state index in [9.17, 15) is 13.2 Å². The van der Waals surface area contributed by atoms with Gasteiger partial charge in [-0.2, -0.15) is 4.31 Å². The summed E-state index contributed by atoms with van der Waals surface area (Å²) in [5.74, 6) is -0.489. The van der Waals surface area contributed by atoms with Crippen LogP contribution in [0.2, 0.25) is 0 Å². The molecule has 152 valence electrons. The van der Waals surface area contributed by atoms with Gasteiger partial charge in [-0.3, -0.25) is 9.78 Å². The molecule has 7 nitrogen and oxygen atoms in total. The molecular formula is C21H24N4O3S. The summed E-state index contributed by atoms with van der Waals surface area (Å²) in [4.78, 5) is 17.1. The van der Waals surface area contributed by atoms with E-state index in [0.717, 1.165) is 16.6 Å². The fraction of sp³-hybridized carbons (Fsp3) is 0.333. The fourth-order valence-corrected chi connectivity index (χ4v) is 5.33. The van der Waals surface area contributed by atoms with Crippen molar-refractivity contribution in [1.82, 2.24) is 19.2 Å². The minimum atomic E-state index is -3.65. The van der Waals surface area contributed by atoms with Crippen LogP contribution in [-0.4, -0.2) is 41.3 Å². The SMILES string of the molecule is Cn1ccc2cc(S(=O)(=O)N3CCC[C@H](C(=O)NCc4ccccn4)C3)ccc21. The van der Waals surface area contributed by atoms with E-state index in [1.165, 1.54) is 4.31 Å². The predicted octanol–water partition coefficient (Wildman–Crippen LogP) is 2.29. The first-order valence-electron chi connectivity index (χ1n) is 9.68. The molecule has 1 aliphatic rings. The molecule has 2 aromatic heterocycles. The third kappa shape index (κ3) is 4.04. The predicted molar refractivity (Wildman–Crippen MR) is 110 cm³/mol. The molecular weight excluding hydrogens is 388 g/mol. The molecule has 1 aromatic carbocycles. The minimum Gasteiger partial charge on any atom is -0.351 e. The smallest absolute Gasteiger partial charge is 0.243 e. The lowest BCUT2D eigenvalue weighted by Gasteiger charge is -2.31. The molecule has 3 aromatic rings. The van der Waals surface area contributed by atoms with Crippen LogP contribution in [0.1, 0.15) is 18.5 Å². The van der Waals surface area contributed by atoms with Gasteiger partial charge in [0.05, 0.1) is 23.1 Å². The average Bonchev–Trinajstić information content (AvgIpc) is 3.13.